The van der Waals surface area contributed by atoms with Crippen LogP contribution in [0.1, 0.15) is 8.85 Å². The molecule has 0 heterocycles. The molecule has 0 saturated heterocycles. The van der Waals surface area contributed by atoms with Crippen molar-refractivity contribution in [2.45, 2.75) is 7.43 Å². The molecule has 0 spiro atoms. The second-order valence-electron chi connectivity index (χ2n) is 0. The summed E-state index contributed by atoms with van der Waals surface area (Å²) in [5.74, 6) is 0. The lowest BCUT2D eigenvalue weighted by Crippen LogP contribution is -1.25. The molecule has 0 radical (unpaired) electrons. The molecule has 4 heteroatoms. The molecule has 0 aliphatic rings. The molecule has 0 saturated carbocycles. The van der Waals surface area contributed by atoms with Gasteiger partial charge in [-0.2, -0.15) is 0 Å². The van der Waals surface area contributed by atoms with Gasteiger partial charge in [-0.1, -0.05) is 7.43 Å². The summed E-state index contributed by atoms with van der Waals surface area (Å²) in [6, 6.07) is 0. The molecule has 0 aliphatic carbocycles. The monoisotopic (exact) mass is 100 g/mol. The summed E-state index contributed by atoms with van der Waals surface area (Å²) < 4.78 is 5.71. The van der Waals surface area contributed by atoms with Gasteiger partial charge in [-0.3, -0.25) is 0 Å². The molecule has 0 aromatic carbocycles. The van der Waals surface area contributed by atoms with Crippen LogP contribution in [0.25, 0.3) is 0 Å². The van der Waals surface area contributed by atoms with Crippen molar-refractivity contribution >= 4 is 0 Å². The van der Waals surface area contributed by atoms with Crippen LogP contribution in [0.5, 0.6) is 0 Å². The Morgan fingerprint density at radius 1 is 1.83 bits per heavy atom. The fraction of sp³-hybridized carbons (Fsp3) is 1.00. The average Bonchev–Trinajstić information content (AvgIpc) is 1.46. The van der Waals surface area contributed by atoms with Crippen LogP contribution in [0.15, 0.2) is 0 Å². The Morgan fingerprint density at radius 2 is 1.83 bits per heavy atom. The van der Waals surface area contributed by atoms with E-state index in [1.807, 2.05) is 0 Å². The van der Waals surface area contributed by atoms with Crippen LogP contribution in [-0.4, -0.2) is 19.1 Å². The number of hydrogen-bond donors (Lipinski definition) is 1. The first-order valence-corrected chi connectivity index (χ1v) is 0.575. The minimum atomic E-state index is 0. The van der Waals surface area contributed by atoms with E-state index in [1.165, 1.54) is 7.11 Å². The van der Waals surface area contributed by atoms with Crippen molar-refractivity contribution in [1.82, 2.24) is 0 Å². The first kappa shape index (κ1) is 17.8. The van der Waals surface area contributed by atoms with E-state index in [-0.39, 0.29) is 14.3 Å². The first-order valence-electron chi connectivity index (χ1n) is 0.983. The Labute approximate surface area is 39.3 Å². The zero-order valence-corrected chi connectivity index (χ0v) is 2.72. The van der Waals surface area contributed by atoms with Crippen molar-refractivity contribution in [3.8, 4) is 0 Å². The quantitative estimate of drug-likeness (QED) is 0.449. The first-order chi connectivity index (χ1) is 2.41. The summed E-state index contributed by atoms with van der Waals surface area (Å²) in [7, 11) is 1.29. The number of hydrogen-bond acceptors (Lipinski definition) is 3. The van der Waals surface area contributed by atoms with E-state index in [0.717, 1.165) is 0 Å². The van der Waals surface area contributed by atoms with Gasteiger partial charge in [0.15, 0.2) is 0 Å². The number of aliphatic hydroxyl groups excluding tert-OH is 1. The Bertz CT molecular complexity index is 16.0. The summed E-state index contributed by atoms with van der Waals surface area (Å²) in [4.78, 5) is 14.0. The van der Waals surface area contributed by atoms with Crippen molar-refractivity contribution < 1.29 is 12.0 Å². The third kappa shape index (κ3) is 97.0. The maximum Gasteiger partial charge on any atom is 1.00 e. The lowest BCUT2D eigenvalue weighted by Gasteiger charge is -1.21. The van der Waals surface area contributed by atoms with E-state index in [2.05, 4.69) is 5.11 Å². The molecule has 0 atom stereocenters. The highest BCUT2D eigenvalue weighted by Crippen LogP contribution is 0.755. The summed E-state index contributed by atoms with van der Waals surface area (Å²) >= 11 is 0. The van der Waals surface area contributed by atoms with Crippen LogP contribution in [0.4, 0.5) is 0 Å². The van der Waals surface area contributed by atoms with Crippen LogP contribution >= 0.6 is 0 Å². The van der Waals surface area contributed by atoms with Gasteiger partial charge in [0.2, 0.25) is 1.43 Å². The molecule has 0 aromatic heterocycles. The normalized spacial score (nSPS) is 3.83. The lowest BCUT2D eigenvalue weighted by molar-refractivity contribution is 0.399. The maximum atomic E-state index is 7.00. The molecule has 0 bridgehead atoms. The average molecular weight is 100 g/mol. The van der Waals surface area contributed by atoms with E-state index in [0.29, 0.717) is 0 Å². The molecular weight excluding hydrogens is 88.0 g/mol. The molecule has 42 valence electrons. The van der Waals surface area contributed by atoms with Gasteiger partial charge in [0.1, 0.15) is 0 Å². The van der Waals surface area contributed by atoms with E-state index in [4.69, 9.17) is 11.4 Å². The fourth-order valence-corrected chi connectivity index (χ4v) is 0. The minimum Gasteiger partial charge on any atom is -0.412 e. The van der Waals surface area contributed by atoms with Crippen molar-refractivity contribution in [3.63, 3.8) is 0 Å². The van der Waals surface area contributed by atoms with Crippen LogP contribution in [-0.2, 0) is 0 Å². The second kappa shape index (κ2) is 243. The van der Waals surface area contributed by atoms with E-state index in [1.54, 1.807) is 0 Å². The summed E-state index contributed by atoms with van der Waals surface area (Å²) in [5.41, 5.74) is 0. The van der Waals surface area contributed by atoms with Crippen molar-refractivity contribution in [1.29, 1.82) is 1.43 Å². The van der Waals surface area contributed by atoms with Crippen LogP contribution in [0, 0.1) is 9.93 Å². The molecule has 0 rings (SSSR count). The third-order valence-corrected chi connectivity index (χ3v) is 0. The number of aliphatic hydroxyl groups is 1. The predicted octanol–water partition coefficient (Wildman–Crippen LogP) is -0.401. The molecular formula is C2H11O4+. The Hall–Kier alpha value is -0.480. The van der Waals surface area contributed by atoms with Gasteiger partial charge in [-0.25, -0.2) is 0 Å². The summed E-state index contributed by atoms with van der Waals surface area (Å²) in [6.45, 7) is 0. The molecule has 0 aliphatic heterocycles. The fourth-order valence-electron chi connectivity index (χ4n) is 0. The van der Waals surface area contributed by atoms with Crippen LogP contribution in [0.2, 0.25) is 0 Å². The molecule has 0 amide bonds. The van der Waals surface area contributed by atoms with Gasteiger partial charge in [0.25, 0.3) is 0 Å². The smallest absolute Gasteiger partial charge is 0.412 e. The predicted molar refractivity (Wildman–Crippen MR) is 26.3 cm³/mol. The minimum absolute atomic E-state index is 0. The van der Waals surface area contributed by atoms with Gasteiger partial charge in [0.05, 0.1) is 0 Å². The highest BCUT2D eigenvalue weighted by atomic mass is 16.7. The zero-order chi connectivity index (χ0) is 4.71. The largest absolute Gasteiger partial charge is 1.00 e. The molecule has 0 fully saturated rings. The SMILES string of the molecule is C.O.O=O.[2H]OC.[H+]. The topological polar surface area (TPSA) is 85.9 Å². The maximum absolute atomic E-state index is 7.00. The number of rotatable bonds is 0. The van der Waals surface area contributed by atoms with Crippen LogP contribution < -0.4 is 0 Å². The van der Waals surface area contributed by atoms with Crippen LogP contribution in [0.3, 0.4) is 0 Å². The Morgan fingerprint density at radius 3 is 1.83 bits per heavy atom. The van der Waals surface area contributed by atoms with Crippen molar-refractivity contribution in [2.75, 3.05) is 7.11 Å². The summed E-state index contributed by atoms with van der Waals surface area (Å²) in [6.07, 6.45) is 0. The zero-order valence-electron chi connectivity index (χ0n) is 4.72. The van der Waals surface area contributed by atoms with Gasteiger partial charge < -0.3 is 10.6 Å². The van der Waals surface area contributed by atoms with E-state index >= 15 is 0 Å². The Kier molecular flexibility index (Phi) is 719. The van der Waals surface area contributed by atoms with Gasteiger partial charge in [0, 0.05) is 17.0 Å². The molecule has 4 nitrogen and oxygen atoms in total. The summed E-state index contributed by atoms with van der Waals surface area (Å²) in [5, 5.41) is 3.50. The van der Waals surface area contributed by atoms with Gasteiger partial charge in [-0.05, 0) is 0 Å². The lowest BCUT2D eigenvalue weighted by atomic mass is 11.8. The standard InChI is InChI=1S/CH4O.CH4.O2.H2O/c1-2;;1-2;/h2H,1H3;1H4;;1H2/p+1/i2D;;;. The molecule has 6 heavy (non-hydrogen) atoms. The highest BCUT2D eigenvalue weighted by Gasteiger charge is 0.839. The molecule has 0 aromatic rings. The van der Waals surface area contributed by atoms with E-state index in [9.17, 15) is 0 Å². The van der Waals surface area contributed by atoms with Crippen molar-refractivity contribution in [3.05, 3.63) is 9.93 Å². The Balaban J connectivity index is -0.00000000567. The van der Waals surface area contributed by atoms with Gasteiger partial charge >= 0.3 is 1.43 Å². The second-order valence-corrected chi connectivity index (χ2v) is 0. The van der Waals surface area contributed by atoms with Crippen molar-refractivity contribution in [2.24, 2.45) is 0 Å². The third-order valence-electron chi connectivity index (χ3n) is 0. The van der Waals surface area contributed by atoms with E-state index < -0.39 is 0 Å². The van der Waals surface area contributed by atoms with Gasteiger partial charge in [-0.15, -0.1) is 0 Å². The molecule has 3 N–H and O–H groups in total. The molecule has 0 unspecified atom stereocenters. The highest BCUT2D eigenvalue weighted by molar-refractivity contribution is 4.07.